The first-order valence-electron chi connectivity index (χ1n) is 12.0. The first-order chi connectivity index (χ1) is 16.2. The van der Waals surface area contributed by atoms with Gasteiger partial charge in [0.15, 0.2) is 0 Å². The maximum Gasteiger partial charge on any atom is 0.251 e. The van der Waals surface area contributed by atoms with Crippen molar-refractivity contribution in [3.05, 3.63) is 70.5 Å². The van der Waals surface area contributed by atoms with E-state index >= 15 is 0 Å². The van der Waals surface area contributed by atoms with Crippen LogP contribution in [0, 0.1) is 16.7 Å². The van der Waals surface area contributed by atoms with E-state index in [4.69, 9.17) is 16.3 Å². The molecule has 2 bridgehead atoms. The van der Waals surface area contributed by atoms with Gasteiger partial charge >= 0.3 is 0 Å². The third-order valence-corrected chi connectivity index (χ3v) is 8.77. The Hall–Kier alpha value is -2.79. The Morgan fingerprint density at radius 1 is 1.09 bits per heavy atom. The molecule has 2 aromatic carbocycles. The van der Waals surface area contributed by atoms with Gasteiger partial charge in [-0.15, -0.1) is 11.6 Å². The van der Waals surface area contributed by atoms with E-state index in [0.29, 0.717) is 12.5 Å². The van der Waals surface area contributed by atoms with Gasteiger partial charge in [0.05, 0.1) is 30.3 Å². The molecule has 1 aromatic heterocycles. The standard InChI is InChI=1S/C28H29ClN2O3/c1-26(29)12-19-13-27(16-26)17-28(27,14-19)25(33)30-22-4-3-5-23-21(22)10-11-24(32)31(23)15-18-6-8-20(34-2)9-7-18/h3-11,19H,12-17H2,1-2H3,(H,30,33). The first kappa shape index (κ1) is 21.7. The monoisotopic (exact) mass is 476 g/mol. The Kier molecular flexibility index (Phi) is 4.70. The van der Waals surface area contributed by atoms with Crippen molar-refractivity contribution < 1.29 is 9.53 Å². The molecule has 1 N–H and O–H groups in total. The number of amides is 1. The Morgan fingerprint density at radius 3 is 2.65 bits per heavy atom. The Bertz CT molecular complexity index is 1360. The van der Waals surface area contributed by atoms with E-state index in [2.05, 4.69) is 12.2 Å². The molecule has 0 radical (unpaired) electrons. The number of nitrogens with zero attached hydrogens (tertiary/aromatic N) is 1. The maximum absolute atomic E-state index is 13.6. The second-order valence-electron chi connectivity index (χ2n) is 10.9. The summed E-state index contributed by atoms with van der Waals surface area (Å²) in [5.41, 5.74) is 2.28. The van der Waals surface area contributed by atoms with E-state index in [1.165, 1.54) is 0 Å². The number of halogens is 1. The highest BCUT2D eigenvalue weighted by atomic mass is 35.5. The molecule has 3 saturated carbocycles. The van der Waals surface area contributed by atoms with Crippen molar-refractivity contribution in [2.45, 2.75) is 50.4 Å². The lowest BCUT2D eigenvalue weighted by Gasteiger charge is -2.35. The van der Waals surface area contributed by atoms with E-state index in [9.17, 15) is 9.59 Å². The van der Waals surface area contributed by atoms with E-state index in [1.807, 2.05) is 48.5 Å². The number of carbonyl (C=O) groups is 1. The van der Waals surface area contributed by atoms with Crippen molar-refractivity contribution in [1.82, 2.24) is 4.57 Å². The molecule has 34 heavy (non-hydrogen) atoms. The van der Waals surface area contributed by atoms with Crippen molar-refractivity contribution in [2.75, 3.05) is 12.4 Å². The van der Waals surface area contributed by atoms with Gasteiger partial charge in [-0.25, -0.2) is 0 Å². The number of benzene rings is 2. The summed E-state index contributed by atoms with van der Waals surface area (Å²) in [6, 6.07) is 16.9. The summed E-state index contributed by atoms with van der Waals surface area (Å²) in [6.07, 6.45) is 4.92. The average molecular weight is 477 g/mol. The Balaban J connectivity index is 1.31. The molecule has 3 aliphatic carbocycles. The molecule has 176 valence electrons. The van der Waals surface area contributed by atoms with Crippen LogP contribution in [0.2, 0.25) is 0 Å². The van der Waals surface area contributed by atoms with Crippen molar-refractivity contribution in [1.29, 1.82) is 0 Å². The van der Waals surface area contributed by atoms with Crippen LogP contribution in [0.25, 0.3) is 10.9 Å². The third kappa shape index (κ3) is 3.28. The highest BCUT2D eigenvalue weighted by molar-refractivity contribution is 6.24. The Morgan fingerprint density at radius 2 is 1.88 bits per heavy atom. The van der Waals surface area contributed by atoms with Crippen LogP contribution >= 0.6 is 11.6 Å². The summed E-state index contributed by atoms with van der Waals surface area (Å²) in [4.78, 5) is 26.2. The number of alkyl halides is 1. The smallest absolute Gasteiger partial charge is 0.251 e. The molecule has 3 aliphatic rings. The summed E-state index contributed by atoms with van der Waals surface area (Å²) >= 11 is 6.77. The van der Waals surface area contributed by atoms with Crippen LogP contribution in [0.3, 0.4) is 0 Å². The van der Waals surface area contributed by atoms with Gasteiger partial charge in [-0.3, -0.25) is 9.59 Å². The topological polar surface area (TPSA) is 60.3 Å². The minimum Gasteiger partial charge on any atom is -0.497 e. The predicted molar refractivity (Wildman–Crippen MR) is 135 cm³/mol. The van der Waals surface area contributed by atoms with Crippen LogP contribution in [-0.2, 0) is 11.3 Å². The lowest BCUT2D eigenvalue weighted by molar-refractivity contribution is -0.122. The van der Waals surface area contributed by atoms with Crippen molar-refractivity contribution >= 4 is 34.1 Å². The maximum atomic E-state index is 13.6. The predicted octanol–water partition coefficient (Wildman–Crippen LogP) is 5.57. The number of hydrogen-bond acceptors (Lipinski definition) is 3. The van der Waals surface area contributed by atoms with E-state index in [-0.39, 0.29) is 27.2 Å². The molecule has 1 amide bonds. The number of ether oxygens (including phenoxy) is 1. The van der Waals surface area contributed by atoms with E-state index in [1.54, 1.807) is 17.7 Å². The number of hydrogen-bond donors (Lipinski definition) is 1. The number of pyridine rings is 1. The number of fused-ring (bicyclic) bond motifs is 2. The number of anilines is 1. The van der Waals surface area contributed by atoms with Gasteiger partial charge in [0.1, 0.15) is 5.75 Å². The molecular formula is C28H29ClN2O3. The normalized spacial score (nSPS) is 31.2. The summed E-state index contributed by atoms with van der Waals surface area (Å²) in [5.74, 6) is 1.44. The molecule has 3 aromatic rings. The molecule has 6 rings (SSSR count). The van der Waals surface area contributed by atoms with Gasteiger partial charge in [0, 0.05) is 16.3 Å². The summed E-state index contributed by atoms with van der Waals surface area (Å²) in [7, 11) is 1.63. The number of methoxy groups -OCH3 is 1. The van der Waals surface area contributed by atoms with Crippen LogP contribution in [0.5, 0.6) is 5.75 Å². The van der Waals surface area contributed by atoms with Crippen LogP contribution < -0.4 is 15.6 Å². The molecule has 0 aliphatic heterocycles. The number of nitrogens with one attached hydrogen (secondary N) is 1. The fraction of sp³-hybridized carbons (Fsp3) is 0.429. The third-order valence-electron chi connectivity index (χ3n) is 8.48. The minimum atomic E-state index is -0.288. The van der Waals surface area contributed by atoms with Gasteiger partial charge in [-0.05, 0) is 86.3 Å². The number of aromatic nitrogens is 1. The van der Waals surface area contributed by atoms with Crippen LogP contribution in [0.15, 0.2) is 59.4 Å². The molecule has 0 saturated heterocycles. The molecule has 4 unspecified atom stereocenters. The molecule has 6 heteroatoms. The van der Waals surface area contributed by atoms with E-state index < -0.39 is 0 Å². The largest absolute Gasteiger partial charge is 0.497 e. The SMILES string of the molecule is COc1ccc(Cn2c(=O)ccc3c(NC(=O)C45CC6CC(C)(Cl)CC4(C6)C5)cccc32)cc1. The highest BCUT2D eigenvalue weighted by Crippen LogP contribution is 2.81. The molecule has 5 nitrogen and oxygen atoms in total. The van der Waals surface area contributed by atoms with Crippen LogP contribution in [-0.4, -0.2) is 22.5 Å². The lowest BCUT2D eigenvalue weighted by atomic mass is 9.77. The van der Waals surface area contributed by atoms with Gasteiger partial charge in [0.2, 0.25) is 5.91 Å². The minimum absolute atomic E-state index is 0.0670. The second-order valence-corrected chi connectivity index (χ2v) is 11.8. The quantitative estimate of drug-likeness (QED) is 0.489. The van der Waals surface area contributed by atoms with Crippen LogP contribution in [0.1, 0.15) is 44.6 Å². The molecule has 3 fully saturated rings. The fourth-order valence-electron chi connectivity index (χ4n) is 7.20. The second kappa shape index (κ2) is 7.35. The van der Waals surface area contributed by atoms with E-state index in [0.717, 1.165) is 60.0 Å². The zero-order valence-electron chi connectivity index (χ0n) is 19.6. The zero-order valence-corrected chi connectivity index (χ0v) is 20.3. The van der Waals surface area contributed by atoms with Crippen molar-refractivity contribution in [3.63, 3.8) is 0 Å². The molecular weight excluding hydrogens is 448 g/mol. The zero-order chi connectivity index (χ0) is 23.7. The first-order valence-corrected chi connectivity index (χ1v) is 12.4. The van der Waals surface area contributed by atoms with Crippen molar-refractivity contribution in [2.24, 2.45) is 16.7 Å². The summed E-state index contributed by atoms with van der Waals surface area (Å²) in [6.45, 7) is 2.57. The summed E-state index contributed by atoms with van der Waals surface area (Å²) in [5, 5.41) is 4.13. The summed E-state index contributed by atoms with van der Waals surface area (Å²) < 4.78 is 7.00. The molecule has 4 atom stereocenters. The van der Waals surface area contributed by atoms with Gasteiger partial charge < -0.3 is 14.6 Å². The van der Waals surface area contributed by atoms with Gasteiger partial charge in [-0.2, -0.15) is 0 Å². The lowest BCUT2D eigenvalue weighted by Crippen LogP contribution is -2.31. The molecule has 1 heterocycles. The highest BCUT2D eigenvalue weighted by Gasteiger charge is 2.78. The van der Waals surface area contributed by atoms with Gasteiger partial charge in [-0.1, -0.05) is 18.2 Å². The number of rotatable bonds is 5. The Labute approximate surface area is 204 Å². The van der Waals surface area contributed by atoms with Crippen molar-refractivity contribution in [3.8, 4) is 5.75 Å². The van der Waals surface area contributed by atoms with Crippen LogP contribution in [0.4, 0.5) is 5.69 Å². The average Bonchev–Trinajstić information content (AvgIpc) is 3.31. The fourth-order valence-corrected chi connectivity index (χ4v) is 7.68. The number of carbonyl (C=O) groups excluding carboxylic acids is 1. The molecule has 1 spiro atoms. The van der Waals surface area contributed by atoms with Gasteiger partial charge in [0.25, 0.3) is 5.56 Å².